The smallest absolute Gasteiger partial charge is 0.138 e. The van der Waals surface area contributed by atoms with Gasteiger partial charge in [-0.15, -0.1) is 0 Å². The van der Waals surface area contributed by atoms with Gasteiger partial charge in [0.2, 0.25) is 0 Å². The van der Waals surface area contributed by atoms with Crippen molar-refractivity contribution in [2.75, 3.05) is 7.05 Å². The molecule has 1 aromatic heterocycles. The highest BCUT2D eigenvalue weighted by Gasteiger charge is 2.37. The highest BCUT2D eigenvalue weighted by molar-refractivity contribution is 4.97. The Kier molecular flexibility index (Phi) is 5.19. The Bertz CT molecular complexity index is 410. The third-order valence-corrected chi connectivity index (χ3v) is 4.98. The van der Waals surface area contributed by atoms with Crippen molar-refractivity contribution < 1.29 is 0 Å². The van der Waals surface area contributed by atoms with Crippen molar-refractivity contribution in [1.29, 1.82) is 0 Å². The molecule has 0 amide bonds. The molecule has 1 fully saturated rings. The van der Waals surface area contributed by atoms with Crippen LogP contribution in [0.3, 0.4) is 0 Å². The van der Waals surface area contributed by atoms with Crippen LogP contribution in [-0.2, 0) is 13.0 Å². The molecule has 0 spiro atoms. The van der Waals surface area contributed by atoms with Crippen LogP contribution in [0.15, 0.2) is 6.33 Å². The lowest BCUT2D eigenvalue weighted by molar-refractivity contribution is 0.0999. The molecular formula is C16H30N4. The monoisotopic (exact) mass is 278 g/mol. The van der Waals surface area contributed by atoms with Gasteiger partial charge in [0.05, 0.1) is 0 Å². The van der Waals surface area contributed by atoms with E-state index in [4.69, 9.17) is 0 Å². The number of aryl methyl sites for hydroxylation is 1. The molecule has 1 N–H and O–H groups in total. The quantitative estimate of drug-likeness (QED) is 0.869. The van der Waals surface area contributed by atoms with E-state index in [1.54, 1.807) is 6.33 Å². The summed E-state index contributed by atoms with van der Waals surface area (Å²) in [5.41, 5.74) is 0.432. The SMILES string of the molecule is CCCn1ncnc1CC(NC)C1CCCCC1(C)C. The number of likely N-dealkylation sites (N-methyl/N-ethyl adjacent to an activating group) is 1. The highest BCUT2D eigenvalue weighted by Crippen LogP contribution is 2.42. The van der Waals surface area contributed by atoms with Gasteiger partial charge in [-0.05, 0) is 37.6 Å². The second-order valence-electron chi connectivity index (χ2n) is 6.84. The topological polar surface area (TPSA) is 42.7 Å². The number of rotatable bonds is 6. The zero-order valence-corrected chi connectivity index (χ0v) is 13.5. The fourth-order valence-electron chi connectivity index (χ4n) is 3.75. The number of aromatic nitrogens is 3. The minimum Gasteiger partial charge on any atom is -0.316 e. The fourth-order valence-corrected chi connectivity index (χ4v) is 3.75. The van der Waals surface area contributed by atoms with Crippen molar-refractivity contribution in [3.63, 3.8) is 0 Å². The van der Waals surface area contributed by atoms with Gasteiger partial charge in [-0.3, -0.25) is 4.68 Å². The molecule has 114 valence electrons. The summed E-state index contributed by atoms with van der Waals surface area (Å²) >= 11 is 0. The lowest BCUT2D eigenvalue weighted by Crippen LogP contribution is -2.45. The Morgan fingerprint density at radius 2 is 2.25 bits per heavy atom. The highest BCUT2D eigenvalue weighted by atomic mass is 15.3. The first-order chi connectivity index (χ1) is 9.58. The van der Waals surface area contributed by atoms with Crippen LogP contribution in [0.25, 0.3) is 0 Å². The van der Waals surface area contributed by atoms with Crippen LogP contribution in [0.1, 0.15) is 58.7 Å². The van der Waals surface area contributed by atoms with Crippen molar-refractivity contribution in [2.24, 2.45) is 11.3 Å². The molecule has 2 atom stereocenters. The van der Waals surface area contributed by atoms with Crippen molar-refractivity contribution in [2.45, 2.75) is 71.9 Å². The second kappa shape index (κ2) is 6.70. The summed E-state index contributed by atoms with van der Waals surface area (Å²) < 4.78 is 2.07. The maximum Gasteiger partial charge on any atom is 0.138 e. The Morgan fingerprint density at radius 3 is 2.90 bits per heavy atom. The van der Waals surface area contributed by atoms with Gasteiger partial charge in [-0.1, -0.05) is 33.6 Å². The summed E-state index contributed by atoms with van der Waals surface area (Å²) in [6.45, 7) is 8.01. The van der Waals surface area contributed by atoms with Gasteiger partial charge in [0, 0.05) is 19.0 Å². The lowest BCUT2D eigenvalue weighted by atomic mass is 9.65. The normalized spacial score (nSPS) is 23.7. The van der Waals surface area contributed by atoms with E-state index in [-0.39, 0.29) is 0 Å². The number of hydrogen-bond donors (Lipinski definition) is 1. The Hall–Kier alpha value is -0.900. The van der Waals surface area contributed by atoms with Crippen LogP contribution < -0.4 is 5.32 Å². The van der Waals surface area contributed by atoms with Gasteiger partial charge >= 0.3 is 0 Å². The molecule has 1 heterocycles. The number of nitrogens with zero attached hydrogens (tertiary/aromatic N) is 3. The zero-order valence-electron chi connectivity index (χ0n) is 13.5. The van der Waals surface area contributed by atoms with Gasteiger partial charge in [-0.2, -0.15) is 5.10 Å². The third-order valence-electron chi connectivity index (χ3n) is 4.98. The molecule has 0 bridgehead atoms. The first-order valence-corrected chi connectivity index (χ1v) is 8.12. The Balaban J connectivity index is 2.09. The summed E-state index contributed by atoms with van der Waals surface area (Å²) in [5, 5.41) is 7.91. The molecule has 1 aromatic rings. The average molecular weight is 278 g/mol. The van der Waals surface area contributed by atoms with E-state index < -0.39 is 0 Å². The van der Waals surface area contributed by atoms with Crippen molar-refractivity contribution >= 4 is 0 Å². The number of hydrogen-bond acceptors (Lipinski definition) is 3. The molecule has 2 unspecified atom stereocenters. The standard InChI is InChI=1S/C16H30N4/c1-5-10-20-15(18-12-19-20)11-14(17-4)13-8-6-7-9-16(13,2)3/h12-14,17H,5-11H2,1-4H3. The van der Waals surface area contributed by atoms with Gasteiger partial charge < -0.3 is 5.32 Å². The Labute approximate surface area is 123 Å². The van der Waals surface area contributed by atoms with Crippen LogP contribution in [0, 0.1) is 11.3 Å². The van der Waals surface area contributed by atoms with Crippen molar-refractivity contribution in [3.05, 3.63) is 12.2 Å². The lowest BCUT2D eigenvalue weighted by Gasteiger charge is -2.43. The molecule has 4 nitrogen and oxygen atoms in total. The first kappa shape index (κ1) is 15.5. The third kappa shape index (κ3) is 3.40. The van der Waals surface area contributed by atoms with E-state index in [2.05, 4.69) is 47.9 Å². The van der Waals surface area contributed by atoms with Crippen LogP contribution in [0.2, 0.25) is 0 Å². The van der Waals surface area contributed by atoms with E-state index in [1.807, 2.05) is 0 Å². The molecule has 0 radical (unpaired) electrons. The molecule has 2 rings (SSSR count). The fraction of sp³-hybridized carbons (Fsp3) is 0.875. The van der Waals surface area contributed by atoms with Crippen LogP contribution in [0.4, 0.5) is 0 Å². The van der Waals surface area contributed by atoms with E-state index in [0.717, 1.165) is 31.1 Å². The van der Waals surface area contributed by atoms with Gasteiger partial charge in [-0.25, -0.2) is 4.98 Å². The predicted octanol–water partition coefficient (Wildman–Crippen LogP) is 3.04. The summed E-state index contributed by atoms with van der Waals surface area (Å²) in [4.78, 5) is 4.48. The molecule has 0 aliphatic heterocycles. The maximum atomic E-state index is 4.48. The summed E-state index contributed by atoms with van der Waals surface area (Å²) in [5.74, 6) is 1.86. The molecule has 0 saturated heterocycles. The van der Waals surface area contributed by atoms with E-state index in [0.29, 0.717) is 11.5 Å². The summed E-state index contributed by atoms with van der Waals surface area (Å²) in [7, 11) is 2.09. The Morgan fingerprint density at radius 1 is 1.45 bits per heavy atom. The zero-order chi connectivity index (χ0) is 14.6. The predicted molar refractivity (Wildman–Crippen MR) is 82.6 cm³/mol. The minimum atomic E-state index is 0.432. The van der Waals surface area contributed by atoms with E-state index >= 15 is 0 Å². The molecule has 20 heavy (non-hydrogen) atoms. The number of nitrogens with one attached hydrogen (secondary N) is 1. The second-order valence-corrected chi connectivity index (χ2v) is 6.84. The molecular weight excluding hydrogens is 248 g/mol. The van der Waals surface area contributed by atoms with E-state index in [1.165, 1.54) is 25.7 Å². The van der Waals surface area contributed by atoms with Crippen LogP contribution in [-0.4, -0.2) is 27.9 Å². The van der Waals surface area contributed by atoms with Crippen LogP contribution in [0.5, 0.6) is 0 Å². The maximum absolute atomic E-state index is 4.48. The van der Waals surface area contributed by atoms with E-state index in [9.17, 15) is 0 Å². The largest absolute Gasteiger partial charge is 0.316 e. The molecule has 1 aliphatic rings. The molecule has 4 heteroatoms. The summed E-state index contributed by atoms with van der Waals surface area (Å²) in [6.07, 6.45) is 9.22. The van der Waals surface area contributed by atoms with Gasteiger partial charge in [0.25, 0.3) is 0 Å². The first-order valence-electron chi connectivity index (χ1n) is 8.12. The van der Waals surface area contributed by atoms with Gasteiger partial charge in [0.15, 0.2) is 0 Å². The minimum absolute atomic E-state index is 0.432. The summed E-state index contributed by atoms with van der Waals surface area (Å²) in [6, 6.07) is 0.505. The van der Waals surface area contributed by atoms with Crippen molar-refractivity contribution in [1.82, 2.24) is 20.1 Å². The van der Waals surface area contributed by atoms with Crippen LogP contribution >= 0.6 is 0 Å². The molecule has 1 saturated carbocycles. The van der Waals surface area contributed by atoms with Gasteiger partial charge in [0.1, 0.15) is 12.2 Å². The average Bonchev–Trinajstić information content (AvgIpc) is 2.84. The molecule has 1 aliphatic carbocycles. The molecule has 0 aromatic carbocycles. The van der Waals surface area contributed by atoms with Crippen molar-refractivity contribution in [3.8, 4) is 0 Å².